The minimum absolute atomic E-state index is 0.966. The molecule has 0 rings (SSSR count). The van der Waals surface area contributed by atoms with Gasteiger partial charge in [-0.3, -0.25) is 0 Å². The summed E-state index contributed by atoms with van der Waals surface area (Å²) in [6.45, 7) is 9.60. The first kappa shape index (κ1) is 34.0. The van der Waals surface area contributed by atoms with E-state index < -0.39 is 0 Å². The van der Waals surface area contributed by atoms with Crippen LogP contribution in [0.3, 0.4) is 0 Å². The van der Waals surface area contributed by atoms with Crippen LogP contribution in [0, 0.1) is 11.8 Å². The highest BCUT2D eigenvalue weighted by molar-refractivity contribution is 4.57. The molecule has 0 saturated carbocycles. The predicted molar refractivity (Wildman–Crippen MR) is 159 cm³/mol. The molecule has 2 unspecified atom stereocenters. The molecular formula is C34H70. The van der Waals surface area contributed by atoms with Crippen LogP contribution in [0.1, 0.15) is 207 Å². The Morgan fingerprint density at radius 2 is 0.441 bits per heavy atom. The van der Waals surface area contributed by atoms with E-state index in [1.165, 1.54) is 180 Å². The maximum absolute atomic E-state index is 2.50. The fraction of sp³-hybridized carbons (Fsp3) is 1.00. The van der Waals surface area contributed by atoms with Crippen LogP contribution in [0.15, 0.2) is 0 Å². The van der Waals surface area contributed by atoms with E-state index in [4.69, 9.17) is 0 Å². The molecule has 0 saturated heterocycles. The van der Waals surface area contributed by atoms with Gasteiger partial charge in [-0.15, -0.1) is 0 Å². The van der Waals surface area contributed by atoms with Crippen molar-refractivity contribution in [1.82, 2.24) is 0 Å². The Kier molecular flexibility index (Phi) is 29.2. The van der Waals surface area contributed by atoms with Gasteiger partial charge in [-0.25, -0.2) is 0 Å². The van der Waals surface area contributed by atoms with Gasteiger partial charge in [0, 0.05) is 0 Å². The molecule has 0 aliphatic carbocycles. The van der Waals surface area contributed by atoms with Crippen molar-refractivity contribution < 1.29 is 0 Å². The first-order valence-electron chi connectivity index (χ1n) is 16.7. The largest absolute Gasteiger partial charge is 0.0654 e. The van der Waals surface area contributed by atoms with Crippen molar-refractivity contribution in [3.8, 4) is 0 Å². The van der Waals surface area contributed by atoms with Gasteiger partial charge in [-0.1, -0.05) is 207 Å². The second kappa shape index (κ2) is 29.2. The summed E-state index contributed by atoms with van der Waals surface area (Å²) in [5, 5.41) is 0. The molecule has 0 heteroatoms. The predicted octanol–water partition coefficient (Wildman–Crippen LogP) is 13.2. The van der Waals surface area contributed by atoms with Gasteiger partial charge in [0.05, 0.1) is 0 Å². The van der Waals surface area contributed by atoms with Crippen LogP contribution >= 0.6 is 0 Å². The fourth-order valence-electron chi connectivity index (χ4n) is 5.59. The Morgan fingerprint density at radius 3 is 0.647 bits per heavy atom. The monoisotopic (exact) mass is 479 g/mol. The first-order chi connectivity index (χ1) is 16.7. The van der Waals surface area contributed by atoms with Gasteiger partial charge in [-0.2, -0.15) is 0 Å². The van der Waals surface area contributed by atoms with Crippen LogP contribution in [0.4, 0.5) is 0 Å². The van der Waals surface area contributed by atoms with Gasteiger partial charge < -0.3 is 0 Å². The van der Waals surface area contributed by atoms with E-state index in [0.29, 0.717) is 0 Å². The fourth-order valence-corrected chi connectivity index (χ4v) is 5.59. The van der Waals surface area contributed by atoms with E-state index in [0.717, 1.165) is 11.8 Å². The molecule has 0 aromatic heterocycles. The Bertz CT molecular complexity index is 346. The Balaban J connectivity index is 3.20. The Hall–Kier alpha value is 0. The molecule has 0 spiro atoms. The molecule has 0 bridgehead atoms. The SMILES string of the molecule is CCCCCCCCCCCCC(C)CCCCCCCCCCCC(C)CCCCCCC. The van der Waals surface area contributed by atoms with E-state index in [1.807, 2.05) is 0 Å². The molecule has 0 N–H and O–H groups in total. The van der Waals surface area contributed by atoms with Gasteiger partial charge in [0.2, 0.25) is 0 Å². The number of hydrogen-bond donors (Lipinski definition) is 0. The second-order valence-electron chi connectivity index (χ2n) is 12.1. The minimum Gasteiger partial charge on any atom is -0.0654 e. The molecule has 0 fully saturated rings. The van der Waals surface area contributed by atoms with Crippen molar-refractivity contribution in [1.29, 1.82) is 0 Å². The summed E-state index contributed by atoms with van der Waals surface area (Å²) in [6, 6.07) is 0. The lowest BCUT2D eigenvalue weighted by atomic mass is 9.95. The van der Waals surface area contributed by atoms with E-state index in [-0.39, 0.29) is 0 Å². The van der Waals surface area contributed by atoms with Gasteiger partial charge in [-0.05, 0) is 11.8 Å². The summed E-state index contributed by atoms with van der Waals surface area (Å²) in [6.07, 6.45) is 41.1. The maximum Gasteiger partial charge on any atom is -0.0443 e. The third-order valence-electron chi connectivity index (χ3n) is 8.24. The summed E-state index contributed by atoms with van der Waals surface area (Å²) in [4.78, 5) is 0. The highest BCUT2D eigenvalue weighted by Crippen LogP contribution is 2.20. The highest BCUT2D eigenvalue weighted by Gasteiger charge is 2.03. The topological polar surface area (TPSA) is 0 Å². The zero-order valence-electron chi connectivity index (χ0n) is 25.0. The summed E-state index contributed by atoms with van der Waals surface area (Å²) in [5.41, 5.74) is 0. The molecule has 0 aliphatic rings. The molecular weight excluding hydrogens is 408 g/mol. The second-order valence-corrected chi connectivity index (χ2v) is 12.1. The molecule has 0 aliphatic heterocycles. The zero-order valence-corrected chi connectivity index (χ0v) is 25.0. The molecule has 34 heavy (non-hydrogen) atoms. The lowest BCUT2D eigenvalue weighted by Gasteiger charge is -2.11. The van der Waals surface area contributed by atoms with Crippen LogP contribution in [-0.4, -0.2) is 0 Å². The van der Waals surface area contributed by atoms with E-state index in [9.17, 15) is 0 Å². The van der Waals surface area contributed by atoms with E-state index in [2.05, 4.69) is 27.7 Å². The number of rotatable bonds is 29. The molecule has 0 amide bonds. The van der Waals surface area contributed by atoms with Crippen molar-refractivity contribution in [2.45, 2.75) is 207 Å². The first-order valence-corrected chi connectivity index (χ1v) is 16.7. The van der Waals surface area contributed by atoms with E-state index >= 15 is 0 Å². The quantitative estimate of drug-likeness (QED) is 0.0937. The third-order valence-corrected chi connectivity index (χ3v) is 8.24. The van der Waals surface area contributed by atoms with Crippen molar-refractivity contribution in [2.24, 2.45) is 11.8 Å². The number of unbranched alkanes of at least 4 members (excludes halogenated alkanes) is 21. The maximum atomic E-state index is 2.50. The highest BCUT2D eigenvalue weighted by atomic mass is 14.1. The third kappa shape index (κ3) is 28.2. The zero-order chi connectivity index (χ0) is 25.0. The molecule has 0 radical (unpaired) electrons. The van der Waals surface area contributed by atoms with Crippen molar-refractivity contribution in [2.75, 3.05) is 0 Å². The molecule has 0 aromatic rings. The standard InChI is InChI=1S/C34H70/c1-5-7-9-11-12-13-15-18-22-27-31-34(4)32-28-24-20-17-14-16-19-23-26-30-33(3)29-25-21-10-8-6-2/h33-34H,5-32H2,1-4H3. The molecule has 2 atom stereocenters. The average Bonchev–Trinajstić information content (AvgIpc) is 2.83. The molecule has 0 aromatic carbocycles. The van der Waals surface area contributed by atoms with Crippen molar-refractivity contribution >= 4 is 0 Å². The summed E-state index contributed by atoms with van der Waals surface area (Å²) < 4.78 is 0. The Labute approximate surface area is 219 Å². The summed E-state index contributed by atoms with van der Waals surface area (Å²) >= 11 is 0. The summed E-state index contributed by atoms with van der Waals surface area (Å²) in [7, 11) is 0. The molecule has 206 valence electrons. The molecule has 0 nitrogen and oxygen atoms in total. The van der Waals surface area contributed by atoms with Crippen LogP contribution < -0.4 is 0 Å². The van der Waals surface area contributed by atoms with Crippen LogP contribution in [0.5, 0.6) is 0 Å². The lowest BCUT2D eigenvalue weighted by molar-refractivity contribution is 0.425. The minimum atomic E-state index is 0.966. The van der Waals surface area contributed by atoms with Gasteiger partial charge >= 0.3 is 0 Å². The average molecular weight is 479 g/mol. The van der Waals surface area contributed by atoms with Crippen molar-refractivity contribution in [3.63, 3.8) is 0 Å². The van der Waals surface area contributed by atoms with Gasteiger partial charge in [0.15, 0.2) is 0 Å². The Morgan fingerprint density at radius 1 is 0.265 bits per heavy atom. The van der Waals surface area contributed by atoms with Crippen molar-refractivity contribution in [3.05, 3.63) is 0 Å². The van der Waals surface area contributed by atoms with Crippen LogP contribution in [0.25, 0.3) is 0 Å². The van der Waals surface area contributed by atoms with Crippen LogP contribution in [0.2, 0.25) is 0 Å². The summed E-state index contributed by atoms with van der Waals surface area (Å²) in [5.74, 6) is 1.93. The lowest BCUT2D eigenvalue weighted by Crippen LogP contribution is -1.95. The van der Waals surface area contributed by atoms with Gasteiger partial charge in [0.25, 0.3) is 0 Å². The van der Waals surface area contributed by atoms with Crippen LogP contribution in [-0.2, 0) is 0 Å². The normalized spacial score (nSPS) is 13.4. The van der Waals surface area contributed by atoms with Gasteiger partial charge in [0.1, 0.15) is 0 Å². The van der Waals surface area contributed by atoms with E-state index in [1.54, 1.807) is 0 Å². The smallest absolute Gasteiger partial charge is 0.0443 e. The number of hydrogen-bond acceptors (Lipinski definition) is 0. The molecule has 0 heterocycles.